The highest BCUT2D eigenvalue weighted by molar-refractivity contribution is 5.74. The molecule has 0 aromatic rings. The largest absolute Gasteiger partial charge is 0.481 e. The Labute approximate surface area is 52.6 Å². The van der Waals surface area contributed by atoms with Crippen molar-refractivity contribution >= 4 is 5.97 Å². The summed E-state index contributed by atoms with van der Waals surface area (Å²) in [4.78, 5) is 10.3. The van der Waals surface area contributed by atoms with Crippen LogP contribution >= 0.6 is 0 Å². The van der Waals surface area contributed by atoms with Gasteiger partial charge in [0.05, 0.1) is 19.1 Å². The van der Waals surface area contributed by atoms with Crippen LogP contribution in [0.25, 0.3) is 0 Å². The fourth-order valence-electron chi connectivity index (χ4n) is 1.61. The molecule has 0 bridgehead atoms. The summed E-state index contributed by atoms with van der Waals surface area (Å²) >= 11 is 0. The number of ether oxygens (including phenoxy) is 1. The average molecular weight is 128 g/mol. The van der Waals surface area contributed by atoms with Crippen LogP contribution in [-0.2, 0) is 9.53 Å². The van der Waals surface area contributed by atoms with Crippen molar-refractivity contribution in [2.45, 2.75) is 0 Å². The summed E-state index contributed by atoms with van der Waals surface area (Å²) in [5.74, 6) is -0.0166. The Morgan fingerprint density at radius 2 is 2.00 bits per heavy atom. The molecule has 1 heterocycles. The van der Waals surface area contributed by atoms with Crippen LogP contribution in [0.4, 0.5) is 0 Å². The van der Waals surface area contributed by atoms with E-state index in [0.29, 0.717) is 25.0 Å². The molecule has 3 heteroatoms. The molecule has 1 saturated carbocycles. The lowest BCUT2D eigenvalue weighted by Crippen LogP contribution is -2.07. The first-order chi connectivity index (χ1) is 4.30. The molecular weight excluding hydrogens is 120 g/mol. The van der Waals surface area contributed by atoms with E-state index in [1.807, 2.05) is 0 Å². The molecule has 2 aliphatic rings. The zero-order chi connectivity index (χ0) is 6.43. The van der Waals surface area contributed by atoms with Gasteiger partial charge in [0.1, 0.15) is 0 Å². The maximum atomic E-state index is 10.3. The molecule has 2 rings (SSSR count). The predicted molar refractivity (Wildman–Crippen MR) is 28.9 cm³/mol. The van der Waals surface area contributed by atoms with Gasteiger partial charge in [-0.15, -0.1) is 0 Å². The summed E-state index contributed by atoms with van der Waals surface area (Å²) in [6, 6.07) is 0. The van der Waals surface area contributed by atoms with Gasteiger partial charge in [0, 0.05) is 11.8 Å². The van der Waals surface area contributed by atoms with E-state index >= 15 is 0 Å². The number of rotatable bonds is 1. The zero-order valence-corrected chi connectivity index (χ0v) is 4.91. The van der Waals surface area contributed by atoms with Gasteiger partial charge in [-0.25, -0.2) is 0 Å². The van der Waals surface area contributed by atoms with Crippen molar-refractivity contribution in [3.63, 3.8) is 0 Å². The fraction of sp³-hybridized carbons (Fsp3) is 0.833. The number of fused-ring (bicyclic) bond motifs is 1. The van der Waals surface area contributed by atoms with Crippen molar-refractivity contribution < 1.29 is 14.6 Å². The van der Waals surface area contributed by atoms with Gasteiger partial charge in [-0.3, -0.25) is 4.79 Å². The molecule has 0 unspecified atom stereocenters. The van der Waals surface area contributed by atoms with Crippen LogP contribution in [0, 0.1) is 17.8 Å². The van der Waals surface area contributed by atoms with E-state index in [1.54, 1.807) is 0 Å². The first-order valence-electron chi connectivity index (χ1n) is 3.11. The third-order valence-corrected chi connectivity index (χ3v) is 2.24. The molecule has 3 atom stereocenters. The average Bonchev–Trinajstić information content (AvgIpc) is 2.30. The van der Waals surface area contributed by atoms with E-state index in [1.165, 1.54) is 0 Å². The Morgan fingerprint density at radius 3 is 2.33 bits per heavy atom. The van der Waals surface area contributed by atoms with Crippen molar-refractivity contribution in [1.82, 2.24) is 0 Å². The van der Waals surface area contributed by atoms with E-state index in [-0.39, 0.29) is 5.92 Å². The number of aliphatic carboxylic acids is 1. The van der Waals surface area contributed by atoms with Crippen LogP contribution in [0.15, 0.2) is 0 Å². The topological polar surface area (TPSA) is 46.5 Å². The van der Waals surface area contributed by atoms with Gasteiger partial charge in [0.2, 0.25) is 0 Å². The predicted octanol–water partition coefficient (Wildman–Crippen LogP) is -0.0366. The molecule has 1 saturated heterocycles. The minimum Gasteiger partial charge on any atom is -0.481 e. The minimum atomic E-state index is -0.645. The highest BCUT2D eigenvalue weighted by Gasteiger charge is 2.58. The molecule has 0 aromatic carbocycles. The molecule has 1 aliphatic carbocycles. The lowest BCUT2D eigenvalue weighted by atomic mass is 10.3. The highest BCUT2D eigenvalue weighted by atomic mass is 16.5. The fourth-order valence-corrected chi connectivity index (χ4v) is 1.61. The molecule has 2 fully saturated rings. The number of carboxylic acid groups (broad SMARTS) is 1. The summed E-state index contributed by atoms with van der Waals surface area (Å²) in [6.07, 6.45) is 0. The number of hydrogen-bond acceptors (Lipinski definition) is 2. The molecule has 1 N–H and O–H groups in total. The van der Waals surface area contributed by atoms with Gasteiger partial charge in [-0.1, -0.05) is 0 Å². The molecule has 0 spiro atoms. The van der Waals surface area contributed by atoms with E-state index in [9.17, 15) is 4.79 Å². The summed E-state index contributed by atoms with van der Waals surface area (Å²) in [6.45, 7) is 1.34. The second-order valence-electron chi connectivity index (χ2n) is 2.73. The molecule has 0 amide bonds. The number of carbonyl (C=O) groups is 1. The summed E-state index contributed by atoms with van der Waals surface area (Å²) in [7, 11) is 0. The third-order valence-electron chi connectivity index (χ3n) is 2.24. The van der Waals surface area contributed by atoms with Crippen LogP contribution in [0.2, 0.25) is 0 Å². The van der Waals surface area contributed by atoms with Gasteiger partial charge >= 0.3 is 5.97 Å². The van der Waals surface area contributed by atoms with Crippen LogP contribution in [0.3, 0.4) is 0 Å². The molecule has 9 heavy (non-hydrogen) atoms. The maximum absolute atomic E-state index is 10.3. The molecule has 1 aliphatic heterocycles. The number of carboxylic acids is 1. The van der Waals surface area contributed by atoms with Crippen molar-refractivity contribution in [1.29, 1.82) is 0 Å². The summed E-state index contributed by atoms with van der Waals surface area (Å²) < 4.78 is 5.02. The second kappa shape index (κ2) is 1.48. The smallest absolute Gasteiger partial charge is 0.307 e. The molecule has 0 radical (unpaired) electrons. The Bertz CT molecular complexity index is 144. The first kappa shape index (κ1) is 5.23. The maximum Gasteiger partial charge on any atom is 0.307 e. The standard InChI is InChI=1S/C6H8O3/c7-6(8)5-3-1-9-2-4(3)5/h3-5H,1-2H2,(H,7,8)/t3-,4+,5+. The van der Waals surface area contributed by atoms with Crippen LogP contribution in [0.1, 0.15) is 0 Å². The zero-order valence-electron chi connectivity index (χ0n) is 4.91. The molecule has 3 nitrogen and oxygen atoms in total. The van der Waals surface area contributed by atoms with E-state index in [4.69, 9.17) is 9.84 Å². The lowest BCUT2D eigenvalue weighted by molar-refractivity contribution is -0.140. The van der Waals surface area contributed by atoms with Crippen molar-refractivity contribution in [3.05, 3.63) is 0 Å². The van der Waals surface area contributed by atoms with Crippen LogP contribution in [0.5, 0.6) is 0 Å². The van der Waals surface area contributed by atoms with Crippen LogP contribution < -0.4 is 0 Å². The Kier molecular flexibility index (Phi) is 0.858. The Morgan fingerprint density at radius 1 is 1.44 bits per heavy atom. The molecule has 50 valence electrons. The first-order valence-corrected chi connectivity index (χ1v) is 3.11. The summed E-state index contributed by atoms with van der Waals surface area (Å²) in [5.41, 5.74) is 0. The van der Waals surface area contributed by atoms with Gasteiger partial charge in [0.25, 0.3) is 0 Å². The second-order valence-corrected chi connectivity index (χ2v) is 2.73. The van der Waals surface area contributed by atoms with Gasteiger partial charge in [0.15, 0.2) is 0 Å². The molecular formula is C6H8O3. The lowest BCUT2D eigenvalue weighted by Gasteiger charge is -1.96. The Balaban J connectivity index is 2.02. The highest BCUT2D eigenvalue weighted by Crippen LogP contribution is 2.50. The van der Waals surface area contributed by atoms with Crippen molar-refractivity contribution in [2.75, 3.05) is 13.2 Å². The van der Waals surface area contributed by atoms with Gasteiger partial charge in [-0.05, 0) is 0 Å². The molecule has 0 aromatic heterocycles. The van der Waals surface area contributed by atoms with Crippen molar-refractivity contribution in [3.8, 4) is 0 Å². The third kappa shape index (κ3) is 0.580. The number of hydrogen-bond donors (Lipinski definition) is 1. The minimum absolute atomic E-state index is 0.0706. The normalized spacial score (nSPS) is 46.4. The quantitative estimate of drug-likeness (QED) is 0.539. The van der Waals surface area contributed by atoms with E-state index in [0.717, 1.165) is 0 Å². The van der Waals surface area contributed by atoms with Crippen LogP contribution in [-0.4, -0.2) is 24.3 Å². The van der Waals surface area contributed by atoms with Crippen molar-refractivity contribution in [2.24, 2.45) is 17.8 Å². The van der Waals surface area contributed by atoms with E-state index < -0.39 is 5.97 Å². The van der Waals surface area contributed by atoms with E-state index in [2.05, 4.69) is 0 Å². The van der Waals surface area contributed by atoms with Gasteiger partial charge in [-0.2, -0.15) is 0 Å². The Hall–Kier alpha value is -0.570. The summed E-state index contributed by atoms with van der Waals surface area (Å²) in [5, 5.41) is 8.50. The SMILES string of the molecule is O=C(O)[C@H]1[C@@H]2COC[C@@H]21. The van der Waals surface area contributed by atoms with Gasteiger partial charge < -0.3 is 9.84 Å². The monoisotopic (exact) mass is 128 g/mol.